The Labute approximate surface area is 121 Å². The van der Waals surface area contributed by atoms with Crippen LogP contribution in [-0.4, -0.2) is 11.5 Å². The van der Waals surface area contributed by atoms with Gasteiger partial charge >= 0.3 is 0 Å². The second-order valence-electron chi connectivity index (χ2n) is 4.83. The standard InChI is InChI=1S/C15H13ClN2O2/c16-13-5-6-14(18(19)20)15(9-13)17-8-7-11-3-1-2-4-12(11)10-17/h1-6,9H,7-8,10H2. The fourth-order valence-electron chi connectivity index (χ4n) is 2.61. The maximum absolute atomic E-state index is 11.2. The van der Waals surface area contributed by atoms with Gasteiger partial charge in [0, 0.05) is 24.2 Å². The Bertz CT molecular complexity index is 673. The highest BCUT2D eigenvalue weighted by atomic mass is 35.5. The van der Waals surface area contributed by atoms with Gasteiger partial charge in [0.2, 0.25) is 0 Å². The monoisotopic (exact) mass is 288 g/mol. The minimum Gasteiger partial charge on any atom is -0.361 e. The van der Waals surface area contributed by atoms with Crippen LogP contribution in [0.25, 0.3) is 0 Å². The third-order valence-corrected chi connectivity index (χ3v) is 3.84. The minimum atomic E-state index is -0.355. The van der Waals surface area contributed by atoms with Crippen molar-refractivity contribution in [2.24, 2.45) is 0 Å². The molecule has 3 rings (SSSR count). The van der Waals surface area contributed by atoms with Crippen molar-refractivity contribution in [3.8, 4) is 0 Å². The number of hydrogen-bond donors (Lipinski definition) is 0. The summed E-state index contributed by atoms with van der Waals surface area (Å²) in [4.78, 5) is 12.8. The van der Waals surface area contributed by atoms with Gasteiger partial charge in [-0.1, -0.05) is 35.9 Å². The molecular weight excluding hydrogens is 276 g/mol. The Hall–Kier alpha value is -2.07. The highest BCUT2D eigenvalue weighted by Gasteiger charge is 2.23. The van der Waals surface area contributed by atoms with Crippen molar-refractivity contribution in [1.82, 2.24) is 0 Å². The topological polar surface area (TPSA) is 46.4 Å². The molecule has 1 aliphatic rings. The summed E-state index contributed by atoms with van der Waals surface area (Å²) in [5, 5.41) is 11.7. The first-order valence-electron chi connectivity index (χ1n) is 6.41. The maximum atomic E-state index is 11.2. The van der Waals surface area contributed by atoms with Crippen LogP contribution in [-0.2, 0) is 13.0 Å². The maximum Gasteiger partial charge on any atom is 0.292 e. The number of halogens is 1. The molecule has 0 radical (unpaired) electrons. The first-order chi connectivity index (χ1) is 9.65. The molecule has 0 fully saturated rings. The smallest absolute Gasteiger partial charge is 0.292 e. The summed E-state index contributed by atoms with van der Waals surface area (Å²) < 4.78 is 0. The lowest BCUT2D eigenvalue weighted by Gasteiger charge is -2.30. The normalized spacial score (nSPS) is 13.9. The van der Waals surface area contributed by atoms with Crippen molar-refractivity contribution in [3.05, 3.63) is 68.7 Å². The van der Waals surface area contributed by atoms with Crippen molar-refractivity contribution in [2.75, 3.05) is 11.4 Å². The zero-order valence-electron chi connectivity index (χ0n) is 10.8. The molecule has 0 spiro atoms. The first kappa shape index (κ1) is 12.9. The van der Waals surface area contributed by atoms with E-state index in [9.17, 15) is 10.1 Å². The van der Waals surface area contributed by atoms with Crippen LogP contribution in [0, 0.1) is 10.1 Å². The third kappa shape index (κ3) is 2.34. The van der Waals surface area contributed by atoms with Crippen molar-refractivity contribution in [3.63, 3.8) is 0 Å². The lowest BCUT2D eigenvalue weighted by atomic mass is 9.99. The predicted octanol–water partition coefficient (Wildman–Crippen LogP) is 3.81. The van der Waals surface area contributed by atoms with Crippen molar-refractivity contribution < 1.29 is 4.92 Å². The Kier molecular flexibility index (Phi) is 3.32. The molecule has 0 aliphatic carbocycles. The Morgan fingerprint density at radius 1 is 1.15 bits per heavy atom. The number of rotatable bonds is 2. The summed E-state index contributed by atoms with van der Waals surface area (Å²) in [6.45, 7) is 1.44. The molecule has 5 heteroatoms. The van der Waals surface area contributed by atoms with Crippen molar-refractivity contribution in [2.45, 2.75) is 13.0 Å². The molecule has 0 atom stereocenters. The third-order valence-electron chi connectivity index (χ3n) is 3.61. The van der Waals surface area contributed by atoms with Gasteiger partial charge in [0.1, 0.15) is 5.69 Å². The van der Waals surface area contributed by atoms with E-state index >= 15 is 0 Å². The van der Waals surface area contributed by atoms with E-state index < -0.39 is 0 Å². The van der Waals surface area contributed by atoms with Crippen LogP contribution in [0.3, 0.4) is 0 Å². The molecule has 2 aromatic rings. The number of nitro benzene ring substituents is 1. The van der Waals surface area contributed by atoms with E-state index in [1.807, 2.05) is 17.0 Å². The molecule has 0 N–H and O–H groups in total. The molecule has 0 unspecified atom stereocenters. The van der Waals surface area contributed by atoms with Crippen LogP contribution >= 0.6 is 11.6 Å². The number of fused-ring (bicyclic) bond motifs is 1. The first-order valence-corrected chi connectivity index (χ1v) is 6.78. The molecule has 0 saturated heterocycles. The molecule has 1 heterocycles. The van der Waals surface area contributed by atoms with E-state index in [2.05, 4.69) is 12.1 Å². The van der Waals surface area contributed by atoms with Gasteiger partial charge in [0.05, 0.1) is 4.92 Å². The molecule has 0 saturated carbocycles. The minimum absolute atomic E-state index is 0.105. The van der Waals surface area contributed by atoms with Crippen LogP contribution in [0.4, 0.5) is 11.4 Å². The summed E-state index contributed by atoms with van der Waals surface area (Å²) in [7, 11) is 0. The van der Waals surface area contributed by atoms with Crippen LogP contribution in [0.15, 0.2) is 42.5 Å². The van der Waals surface area contributed by atoms with Crippen molar-refractivity contribution >= 4 is 23.0 Å². The lowest BCUT2D eigenvalue weighted by molar-refractivity contribution is -0.384. The molecule has 0 amide bonds. The predicted molar refractivity (Wildman–Crippen MR) is 79.3 cm³/mol. The molecular formula is C15H13ClN2O2. The summed E-state index contributed by atoms with van der Waals surface area (Å²) in [6, 6.07) is 12.9. The second-order valence-corrected chi connectivity index (χ2v) is 5.27. The van der Waals surface area contributed by atoms with Crippen LogP contribution in [0.5, 0.6) is 0 Å². The lowest BCUT2D eigenvalue weighted by Crippen LogP contribution is -2.30. The van der Waals surface area contributed by atoms with Gasteiger partial charge in [-0.15, -0.1) is 0 Å². The zero-order chi connectivity index (χ0) is 14.1. The van der Waals surface area contributed by atoms with Crippen molar-refractivity contribution in [1.29, 1.82) is 0 Å². The number of benzene rings is 2. The van der Waals surface area contributed by atoms with Crippen LogP contribution in [0.1, 0.15) is 11.1 Å². The summed E-state index contributed by atoms with van der Waals surface area (Å²) in [5.74, 6) is 0. The Morgan fingerprint density at radius 2 is 1.90 bits per heavy atom. The van der Waals surface area contributed by atoms with Gasteiger partial charge in [-0.25, -0.2) is 0 Å². The Morgan fingerprint density at radius 3 is 2.65 bits per heavy atom. The summed E-state index contributed by atoms with van der Waals surface area (Å²) in [5.41, 5.74) is 3.23. The number of nitro groups is 1. The quantitative estimate of drug-likeness (QED) is 0.623. The molecule has 0 aromatic heterocycles. The van der Waals surface area contributed by atoms with E-state index in [4.69, 9.17) is 11.6 Å². The molecule has 2 aromatic carbocycles. The largest absolute Gasteiger partial charge is 0.361 e. The fraction of sp³-hybridized carbons (Fsp3) is 0.200. The van der Waals surface area contributed by atoms with Gasteiger partial charge in [0.25, 0.3) is 5.69 Å². The highest BCUT2D eigenvalue weighted by molar-refractivity contribution is 6.31. The SMILES string of the molecule is O=[N+]([O-])c1ccc(Cl)cc1N1CCc2ccccc2C1. The van der Waals surface area contributed by atoms with E-state index in [0.29, 0.717) is 17.3 Å². The van der Waals surface area contributed by atoms with Crippen LogP contribution < -0.4 is 4.90 Å². The number of nitrogens with zero attached hydrogens (tertiary/aromatic N) is 2. The second kappa shape index (κ2) is 5.13. The number of anilines is 1. The van der Waals surface area contributed by atoms with Gasteiger partial charge in [-0.2, -0.15) is 0 Å². The van der Waals surface area contributed by atoms with Gasteiger partial charge < -0.3 is 4.90 Å². The average molecular weight is 289 g/mol. The van der Waals surface area contributed by atoms with Gasteiger partial charge in [-0.3, -0.25) is 10.1 Å². The highest BCUT2D eigenvalue weighted by Crippen LogP contribution is 2.34. The molecule has 0 bridgehead atoms. The Balaban J connectivity index is 1.99. The van der Waals surface area contributed by atoms with E-state index in [1.54, 1.807) is 12.1 Å². The van der Waals surface area contributed by atoms with Gasteiger partial charge in [0.15, 0.2) is 0 Å². The van der Waals surface area contributed by atoms with E-state index in [1.165, 1.54) is 17.2 Å². The van der Waals surface area contributed by atoms with E-state index in [0.717, 1.165) is 13.0 Å². The van der Waals surface area contributed by atoms with Crippen LogP contribution in [0.2, 0.25) is 5.02 Å². The molecule has 4 nitrogen and oxygen atoms in total. The summed E-state index contributed by atoms with van der Waals surface area (Å²) >= 11 is 5.99. The number of hydrogen-bond acceptors (Lipinski definition) is 3. The molecule has 102 valence electrons. The average Bonchev–Trinajstić information content (AvgIpc) is 2.46. The van der Waals surface area contributed by atoms with E-state index in [-0.39, 0.29) is 10.6 Å². The van der Waals surface area contributed by atoms with Gasteiger partial charge in [-0.05, 0) is 29.7 Å². The summed E-state index contributed by atoms with van der Waals surface area (Å²) in [6.07, 6.45) is 0.889. The molecule has 1 aliphatic heterocycles. The molecule has 20 heavy (non-hydrogen) atoms. The fourth-order valence-corrected chi connectivity index (χ4v) is 2.77. The zero-order valence-corrected chi connectivity index (χ0v) is 11.5.